The summed E-state index contributed by atoms with van der Waals surface area (Å²) in [5, 5.41) is 19.2. The number of hydrogen-bond acceptors (Lipinski definition) is 15. The summed E-state index contributed by atoms with van der Waals surface area (Å²) in [7, 11) is 0. The second kappa shape index (κ2) is 31.9. The van der Waals surface area contributed by atoms with Crippen molar-refractivity contribution in [3.8, 4) is 0 Å². The van der Waals surface area contributed by atoms with Gasteiger partial charge in [0.1, 0.15) is 6.23 Å². The standard InChI is InChI=1S/2C22H30F3N3O4.C20H25ClF3N3O3/c2*1-15-3-4-18(19(13-15)27-7-5-17(6-8-27)20(29)30)14-26-9-11-28(12-10-26)21(31)32-16(2)22(23,24)25;1-13(20(22,23)24)30-19(28)26-8-6-25(7-9-26)11-14-2-3-15(21)10-17(14)27-16-4-5-18(27)29-12-16/h2*3-4,13,16-17H,5-12,14H2,1-2H3,(H,29,30);2-3,10,13,16,18H,4-9,11-12H2,1H3. The molecule has 7 saturated heterocycles. The summed E-state index contributed by atoms with van der Waals surface area (Å²) in [6.45, 7) is 17.1. The van der Waals surface area contributed by atoms with Crippen molar-refractivity contribution in [3.05, 3.63) is 87.4 Å². The summed E-state index contributed by atoms with van der Waals surface area (Å²) in [5.41, 5.74) is 8.87. The third kappa shape index (κ3) is 20.0. The molecule has 2 N–H and O–H groups in total. The third-order valence-electron chi connectivity index (χ3n) is 18.4. The monoisotopic (exact) mass is 1360 g/mol. The molecule has 30 heteroatoms. The van der Waals surface area contributed by atoms with Crippen LogP contribution in [0.25, 0.3) is 0 Å². The van der Waals surface area contributed by atoms with Crippen LogP contribution in [-0.2, 0) is 48.2 Å². The van der Waals surface area contributed by atoms with Crippen molar-refractivity contribution < 1.29 is 92.6 Å². The Hall–Kier alpha value is -6.69. The Morgan fingerprint density at radius 3 is 1.10 bits per heavy atom. The number of aryl methyl sites for hydroxylation is 2. The highest BCUT2D eigenvalue weighted by atomic mass is 35.5. The lowest BCUT2D eigenvalue weighted by atomic mass is 9.95. The molecular weight excluding hydrogens is 1280 g/mol. The van der Waals surface area contributed by atoms with Crippen LogP contribution in [-0.4, -0.2) is 230 Å². The average Bonchev–Trinajstić information content (AvgIpc) is 1.60. The number of nitrogens with zero attached hydrogens (tertiary/aromatic N) is 9. The second-order valence-electron chi connectivity index (χ2n) is 25.2. The van der Waals surface area contributed by atoms with Crippen molar-refractivity contribution in [2.24, 2.45) is 11.8 Å². The number of hydrogen-bond donors (Lipinski definition) is 2. The molecule has 5 unspecified atom stereocenters. The maximum absolute atomic E-state index is 12.6. The average molecular weight is 1360 g/mol. The highest BCUT2D eigenvalue weighted by molar-refractivity contribution is 6.30. The summed E-state index contributed by atoms with van der Waals surface area (Å²) in [6, 6.07) is 18.7. The largest absolute Gasteiger partial charge is 0.481 e. The van der Waals surface area contributed by atoms with Crippen molar-refractivity contribution in [1.29, 1.82) is 0 Å². The van der Waals surface area contributed by atoms with Gasteiger partial charge in [-0.3, -0.25) is 24.3 Å². The van der Waals surface area contributed by atoms with Crippen molar-refractivity contribution in [1.82, 2.24) is 29.4 Å². The zero-order chi connectivity index (χ0) is 68.4. The SMILES string of the molecule is CC(OC(=O)N1CCN(Cc2ccc(Cl)cc2N2C3CCC2OC3)CC1)C(F)(F)F.Cc1ccc(CN2CCN(C(=O)OC(C)C(F)(F)F)CC2)c(N2CCC(C(=O)O)CC2)c1.Cc1ccc(CN2CCN(C(=O)OC(C)C(F)(F)F)CC2)c(N2CCC(C(=O)O)CC2)c1. The number of piperidine rings is 2. The smallest absolute Gasteiger partial charge is 0.425 e. The maximum atomic E-state index is 12.6. The molecule has 3 aromatic rings. The number of ether oxygens (including phenoxy) is 4. The van der Waals surface area contributed by atoms with Crippen LogP contribution < -0.4 is 14.7 Å². The van der Waals surface area contributed by atoms with Crippen LogP contribution in [0.1, 0.15) is 87.1 Å². The van der Waals surface area contributed by atoms with E-state index in [-0.39, 0.29) is 18.1 Å². The van der Waals surface area contributed by atoms with E-state index in [4.69, 9.17) is 16.3 Å². The van der Waals surface area contributed by atoms with E-state index in [2.05, 4.69) is 67.9 Å². The van der Waals surface area contributed by atoms with E-state index in [0.717, 1.165) is 85.1 Å². The van der Waals surface area contributed by atoms with Gasteiger partial charge in [0, 0.05) is 146 Å². The minimum atomic E-state index is -4.57. The Morgan fingerprint density at radius 2 is 0.809 bits per heavy atom. The van der Waals surface area contributed by atoms with Crippen LogP contribution in [0.3, 0.4) is 0 Å². The van der Waals surface area contributed by atoms with Gasteiger partial charge in [0.2, 0.25) is 0 Å². The van der Waals surface area contributed by atoms with Crippen molar-refractivity contribution in [3.63, 3.8) is 0 Å². The first-order chi connectivity index (χ1) is 44.3. The molecule has 522 valence electrons. The lowest BCUT2D eigenvalue weighted by Crippen LogP contribution is -2.49. The number of piperazine rings is 3. The van der Waals surface area contributed by atoms with E-state index >= 15 is 0 Å². The predicted molar refractivity (Wildman–Crippen MR) is 331 cm³/mol. The Balaban J connectivity index is 0.000000181. The first-order valence-corrected chi connectivity index (χ1v) is 32.3. The Morgan fingerprint density at radius 1 is 0.479 bits per heavy atom. The number of carbonyl (C=O) groups excluding carboxylic acids is 3. The maximum Gasteiger partial charge on any atom is 0.425 e. The highest BCUT2D eigenvalue weighted by Crippen LogP contribution is 2.40. The quantitative estimate of drug-likeness (QED) is 0.114. The lowest BCUT2D eigenvalue weighted by Gasteiger charge is -2.37. The summed E-state index contributed by atoms with van der Waals surface area (Å²) < 4.78 is 133. The molecule has 0 saturated carbocycles. The minimum absolute atomic E-state index is 0.0921. The van der Waals surface area contributed by atoms with Crippen LogP contribution in [0.4, 0.5) is 71.0 Å². The number of amides is 3. The summed E-state index contributed by atoms with van der Waals surface area (Å²) in [5.74, 6) is -2.08. The molecule has 94 heavy (non-hydrogen) atoms. The normalized spacial score (nSPS) is 21.6. The van der Waals surface area contributed by atoms with Gasteiger partial charge in [0.15, 0.2) is 18.3 Å². The number of anilines is 3. The molecule has 0 radical (unpaired) electrons. The summed E-state index contributed by atoms with van der Waals surface area (Å²) >= 11 is 6.26. The molecule has 7 fully saturated rings. The van der Waals surface area contributed by atoms with Crippen LogP contribution in [0.15, 0.2) is 54.6 Å². The molecule has 20 nitrogen and oxygen atoms in total. The number of halogens is 10. The number of aliphatic carboxylic acids is 2. The third-order valence-corrected chi connectivity index (χ3v) is 18.6. The number of carboxylic acids is 2. The van der Waals surface area contributed by atoms with Crippen molar-refractivity contribution >= 4 is 58.9 Å². The van der Waals surface area contributed by atoms with Gasteiger partial charge in [-0.25, -0.2) is 14.4 Å². The number of fused-ring (bicyclic) bond motifs is 2. The number of benzene rings is 3. The fourth-order valence-corrected chi connectivity index (χ4v) is 12.6. The number of rotatable bonds is 14. The fourth-order valence-electron chi connectivity index (χ4n) is 12.5. The van der Waals surface area contributed by atoms with E-state index < -0.39 is 67.1 Å². The summed E-state index contributed by atoms with van der Waals surface area (Å²) in [6.07, 6.45) is -18.2. The van der Waals surface area contributed by atoms with Crippen molar-refractivity contribution in [2.45, 2.75) is 142 Å². The first-order valence-electron chi connectivity index (χ1n) is 31.9. The van der Waals surface area contributed by atoms with E-state index in [0.29, 0.717) is 161 Å². The lowest BCUT2D eigenvalue weighted by molar-refractivity contribution is -0.200. The molecule has 7 aliphatic heterocycles. The zero-order valence-electron chi connectivity index (χ0n) is 53.5. The van der Waals surface area contributed by atoms with Crippen LogP contribution in [0.5, 0.6) is 0 Å². The Labute approximate surface area is 546 Å². The molecule has 7 heterocycles. The fraction of sp³-hybridized carbons (Fsp3) is 0.641. The van der Waals surface area contributed by atoms with Crippen LogP contribution >= 0.6 is 11.6 Å². The molecular formula is C64H85ClF9N9O11. The summed E-state index contributed by atoms with van der Waals surface area (Å²) in [4.78, 5) is 75.8. The Kier molecular flexibility index (Phi) is 24.8. The van der Waals surface area contributed by atoms with Crippen molar-refractivity contribution in [2.75, 3.05) is 126 Å². The van der Waals surface area contributed by atoms with Gasteiger partial charge in [-0.05, 0) is 125 Å². The number of carboxylic acid groups (broad SMARTS) is 2. The van der Waals surface area contributed by atoms with E-state index in [1.807, 2.05) is 44.2 Å². The van der Waals surface area contributed by atoms with Crippen LogP contribution in [0.2, 0.25) is 5.02 Å². The van der Waals surface area contributed by atoms with Gasteiger partial charge in [-0.2, -0.15) is 39.5 Å². The molecule has 10 rings (SSSR count). The Bertz CT molecular complexity index is 2900. The molecule has 5 atom stereocenters. The van der Waals surface area contributed by atoms with Gasteiger partial charge in [0.25, 0.3) is 0 Å². The van der Waals surface area contributed by atoms with Gasteiger partial charge < -0.3 is 58.6 Å². The van der Waals surface area contributed by atoms with Gasteiger partial charge in [-0.1, -0.05) is 41.9 Å². The van der Waals surface area contributed by atoms with E-state index in [1.165, 1.54) is 14.7 Å². The second-order valence-corrected chi connectivity index (χ2v) is 25.6. The first kappa shape index (κ1) is 73.1. The van der Waals surface area contributed by atoms with E-state index in [1.54, 1.807) is 0 Å². The predicted octanol–water partition coefficient (Wildman–Crippen LogP) is 10.9. The van der Waals surface area contributed by atoms with Gasteiger partial charge in [0.05, 0.1) is 24.5 Å². The molecule has 3 amide bonds. The molecule has 3 aromatic carbocycles. The molecule has 0 aliphatic carbocycles. The molecule has 0 spiro atoms. The number of carbonyl (C=O) groups is 5. The topological polar surface area (TPSA) is 192 Å². The van der Waals surface area contributed by atoms with Crippen LogP contribution in [0, 0.1) is 25.7 Å². The molecule has 7 aliphatic rings. The zero-order valence-corrected chi connectivity index (χ0v) is 54.3. The van der Waals surface area contributed by atoms with Gasteiger partial charge >= 0.3 is 48.7 Å². The molecule has 0 aromatic heterocycles. The van der Waals surface area contributed by atoms with E-state index in [9.17, 15) is 73.7 Å². The molecule has 2 bridgehead atoms. The minimum Gasteiger partial charge on any atom is -0.481 e. The highest BCUT2D eigenvalue weighted by Gasteiger charge is 2.44. The number of alkyl halides is 9. The van der Waals surface area contributed by atoms with Gasteiger partial charge in [-0.15, -0.1) is 0 Å².